The molecule has 0 aromatic heterocycles. The Bertz CT molecular complexity index is 781. The standard InChI is InChI=1S/C19H21F3N2O/c1-12(2)11-14-7-3-5-13-6-4-8-15(17(13)14)18(19(20,21)22)24-10-9-16(25)23-24/h3-8,12,18H,9-11H2,1-2H3,(H,23,25). The van der Waals surface area contributed by atoms with Crippen molar-refractivity contribution < 1.29 is 18.0 Å². The third-order valence-electron chi connectivity index (χ3n) is 4.42. The molecule has 0 saturated carbocycles. The molecule has 2 aromatic carbocycles. The van der Waals surface area contributed by atoms with E-state index in [1.54, 1.807) is 6.07 Å². The molecule has 1 amide bonds. The zero-order valence-corrected chi connectivity index (χ0v) is 14.2. The predicted molar refractivity (Wildman–Crippen MR) is 90.8 cm³/mol. The topological polar surface area (TPSA) is 32.3 Å². The van der Waals surface area contributed by atoms with Gasteiger partial charge in [-0.3, -0.25) is 10.2 Å². The quantitative estimate of drug-likeness (QED) is 0.888. The normalized spacial score (nSPS) is 17.3. The lowest BCUT2D eigenvalue weighted by Gasteiger charge is -2.30. The molecule has 1 atom stereocenters. The van der Waals surface area contributed by atoms with E-state index in [-0.39, 0.29) is 24.4 Å². The molecule has 0 radical (unpaired) electrons. The maximum absolute atomic E-state index is 13.9. The summed E-state index contributed by atoms with van der Waals surface area (Å²) in [7, 11) is 0. The van der Waals surface area contributed by atoms with Gasteiger partial charge in [-0.05, 0) is 34.2 Å². The second-order valence-electron chi connectivity index (χ2n) is 6.88. The minimum absolute atomic E-state index is 0.0474. The minimum Gasteiger partial charge on any atom is -0.288 e. The number of rotatable bonds is 4. The van der Waals surface area contributed by atoms with Crippen molar-refractivity contribution in [2.45, 2.75) is 38.9 Å². The zero-order valence-electron chi connectivity index (χ0n) is 14.2. The van der Waals surface area contributed by atoms with Gasteiger partial charge in [0.2, 0.25) is 5.91 Å². The summed E-state index contributed by atoms with van der Waals surface area (Å²) < 4.78 is 41.7. The molecule has 1 heterocycles. The fourth-order valence-electron chi connectivity index (χ4n) is 3.50. The Balaban J connectivity index is 2.19. The van der Waals surface area contributed by atoms with Gasteiger partial charge in [0.1, 0.15) is 0 Å². The van der Waals surface area contributed by atoms with Crippen molar-refractivity contribution >= 4 is 16.7 Å². The van der Waals surface area contributed by atoms with Gasteiger partial charge in [0, 0.05) is 13.0 Å². The van der Waals surface area contributed by atoms with Gasteiger partial charge >= 0.3 is 6.18 Å². The highest BCUT2D eigenvalue weighted by Crippen LogP contribution is 2.41. The first-order valence-corrected chi connectivity index (χ1v) is 8.40. The number of hydrazine groups is 1. The number of amides is 1. The summed E-state index contributed by atoms with van der Waals surface area (Å²) in [6.45, 7) is 4.14. The fraction of sp³-hybridized carbons (Fsp3) is 0.421. The summed E-state index contributed by atoms with van der Waals surface area (Å²) in [6.07, 6.45) is -3.71. The van der Waals surface area contributed by atoms with E-state index in [4.69, 9.17) is 0 Å². The van der Waals surface area contributed by atoms with Crippen LogP contribution in [0, 0.1) is 5.92 Å². The van der Waals surface area contributed by atoms with Crippen molar-refractivity contribution in [2.24, 2.45) is 5.92 Å². The van der Waals surface area contributed by atoms with Crippen LogP contribution in [0.5, 0.6) is 0 Å². The van der Waals surface area contributed by atoms with Gasteiger partial charge < -0.3 is 0 Å². The molecule has 1 aliphatic rings. The van der Waals surface area contributed by atoms with Crippen LogP contribution in [0.1, 0.15) is 37.4 Å². The average Bonchev–Trinajstić information content (AvgIpc) is 2.91. The Morgan fingerprint density at radius 1 is 1.16 bits per heavy atom. The number of hydrogen-bond acceptors (Lipinski definition) is 2. The van der Waals surface area contributed by atoms with E-state index in [9.17, 15) is 18.0 Å². The number of benzene rings is 2. The molecule has 1 fully saturated rings. The van der Waals surface area contributed by atoms with E-state index in [1.807, 2.05) is 38.1 Å². The molecule has 1 aliphatic heterocycles. The summed E-state index contributed by atoms with van der Waals surface area (Å²) in [5, 5.41) is 2.45. The Hall–Kier alpha value is -2.08. The molecule has 6 heteroatoms. The lowest BCUT2D eigenvalue weighted by atomic mass is 9.90. The number of fused-ring (bicyclic) bond motifs is 1. The van der Waals surface area contributed by atoms with Gasteiger partial charge in [0.15, 0.2) is 6.04 Å². The SMILES string of the molecule is CC(C)Cc1cccc2cccc(C(N3CCC(=O)N3)C(F)(F)F)c12. The molecule has 1 unspecified atom stereocenters. The van der Waals surface area contributed by atoms with Crippen molar-refractivity contribution in [3.63, 3.8) is 0 Å². The number of carbonyl (C=O) groups excluding carboxylic acids is 1. The first kappa shape index (κ1) is 17.7. The largest absolute Gasteiger partial charge is 0.409 e. The minimum atomic E-state index is -4.49. The molecular weight excluding hydrogens is 329 g/mol. The molecular formula is C19H21F3N2O. The zero-order chi connectivity index (χ0) is 18.2. The Kier molecular flexibility index (Phi) is 4.73. The van der Waals surface area contributed by atoms with Crippen LogP contribution in [-0.2, 0) is 11.2 Å². The molecule has 3 rings (SSSR count). The van der Waals surface area contributed by atoms with Crippen molar-refractivity contribution in [3.05, 3.63) is 47.5 Å². The van der Waals surface area contributed by atoms with Crippen molar-refractivity contribution in [1.82, 2.24) is 10.4 Å². The van der Waals surface area contributed by atoms with Gasteiger partial charge in [0.05, 0.1) is 0 Å². The van der Waals surface area contributed by atoms with E-state index in [0.717, 1.165) is 16.0 Å². The van der Waals surface area contributed by atoms with Crippen molar-refractivity contribution in [2.75, 3.05) is 6.54 Å². The highest BCUT2D eigenvalue weighted by Gasteiger charge is 2.47. The summed E-state index contributed by atoms with van der Waals surface area (Å²) in [4.78, 5) is 11.5. The monoisotopic (exact) mass is 350 g/mol. The number of halogens is 3. The number of nitrogens with one attached hydrogen (secondary N) is 1. The number of nitrogens with zero attached hydrogens (tertiary/aromatic N) is 1. The first-order chi connectivity index (χ1) is 11.8. The molecule has 25 heavy (non-hydrogen) atoms. The van der Waals surface area contributed by atoms with Crippen LogP contribution < -0.4 is 5.43 Å². The smallest absolute Gasteiger partial charge is 0.288 e. The Morgan fingerprint density at radius 3 is 2.40 bits per heavy atom. The molecule has 1 N–H and O–H groups in total. The maximum Gasteiger partial charge on any atom is 0.409 e. The van der Waals surface area contributed by atoms with Crippen molar-refractivity contribution in [1.29, 1.82) is 0 Å². The summed E-state index contributed by atoms with van der Waals surface area (Å²) in [5.41, 5.74) is 3.46. The van der Waals surface area contributed by atoms with E-state index in [1.165, 1.54) is 6.07 Å². The fourth-order valence-corrected chi connectivity index (χ4v) is 3.50. The third-order valence-corrected chi connectivity index (χ3v) is 4.42. The lowest BCUT2D eigenvalue weighted by molar-refractivity contribution is -0.190. The van der Waals surface area contributed by atoms with Crippen molar-refractivity contribution in [3.8, 4) is 0 Å². The highest BCUT2D eigenvalue weighted by molar-refractivity contribution is 5.89. The second kappa shape index (κ2) is 6.67. The van der Waals surface area contributed by atoms with Crippen LogP contribution in [0.25, 0.3) is 10.8 Å². The Morgan fingerprint density at radius 2 is 1.84 bits per heavy atom. The number of alkyl halides is 3. The van der Waals surface area contributed by atoms with Crippen LogP contribution in [0.15, 0.2) is 36.4 Å². The van der Waals surface area contributed by atoms with E-state index in [2.05, 4.69) is 5.43 Å². The van der Waals surface area contributed by atoms with Gasteiger partial charge in [-0.15, -0.1) is 0 Å². The molecule has 3 nitrogen and oxygen atoms in total. The van der Waals surface area contributed by atoms with E-state index in [0.29, 0.717) is 17.7 Å². The van der Waals surface area contributed by atoms with Crippen LogP contribution in [0.4, 0.5) is 13.2 Å². The van der Waals surface area contributed by atoms with E-state index < -0.39 is 12.2 Å². The molecule has 1 saturated heterocycles. The van der Waals surface area contributed by atoms with Crippen LogP contribution >= 0.6 is 0 Å². The van der Waals surface area contributed by atoms with Crippen LogP contribution in [0.3, 0.4) is 0 Å². The molecule has 0 spiro atoms. The molecule has 0 bridgehead atoms. The van der Waals surface area contributed by atoms with Gasteiger partial charge in [-0.2, -0.15) is 13.2 Å². The predicted octanol–water partition coefficient (Wildman–Crippen LogP) is 4.38. The van der Waals surface area contributed by atoms with E-state index >= 15 is 0 Å². The average molecular weight is 350 g/mol. The molecule has 134 valence electrons. The van der Waals surface area contributed by atoms with Crippen LogP contribution in [0.2, 0.25) is 0 Å². The molecule has 2 aromatic rings. The third kappa shape index (κ3) is 3.63. The van der Waals surface area contributed by atoms with Crippen LogP contribution in [-0.4, -0.2) is 23.6 Å². The second-order valence-corrected chi connectivity index (χ2v) is 6.88. The summed E-state index contributed by atoms with van der Waals surface area (Å²) in [5.74, 6) is -0.0497. The van der Waals surface area contributed by atoms with Gasteiger partial charge in [-0.25, -0.2) is 5.01 Å². The number of carbonyl (C=O) groups is 1. The number of hydrogen-bond donors (Lipinski definition) is 1. The Labute approximate surface area is 144 Å². The summed E-state index contributed by atoms with van der Waals surface area (Å²) >= 11 is 0. The maximum atomic E-state index is 13.9. The highest BCUT2D eigenvalue weighted by atomic mass is 19.4. The summed E-state index contributed by atoms with van der Waals surface area (Å²) in [6, 6.07) is 8.75. The first-order valence-electron chi connectivity index (χ1n) is 8.40. The van der Waals surface area contributed by atoms with Gasteiger partial charge in [0.25, 0.3) is 0 Å². The van der Waals surface area contributed by atoms with Gasteiger partial charge in [-0.1, -0.05) is 50.2 Å². The molecule has 0 aliphatic carbocycles. The lowest BCUT2D eigenvalue weighted by Crippen LogP contribution is -2.43.